The molecule has 14 heavy (non-hydrogen) atoms. The first-order chi connectivity index (χ1) is 6.70. The highest BCUT2D eigenvalue weighted by Gasteiger charge is 2.07. The van der Waals surface area contributed by atoms with Gasteiger partial charge < -0.3 is 15.2 Å². The molecular weight excluding hydrogens is 192 g/mol. The number of ether oxygens (including phenoxy) is 1. The molecule has 0 amide bonds. The van der Waals surface area contributed by atoms with Crippen molar-refractivity contribution >= 4 is 0 Å². The highest BCUT2D eigenvalue weighted by molar-refractivity contribution is 4.64. The smallest absolute Gasteiger partial charge is 0.261 e. The molecule has 0 aromatic heterocycles. The second kappa shape index (κ2) is 9.30. The molecule has 0 saturated heterocycles. The summed E-state index contributed by atoms with van der Waals surface area (Å²) in [6, 6.07) is -0.0485. The van der Waals surface area contributed by atoms with Gasteiger partial charge in [0, 0.05) is 12.6 Å². The Morgan fingerprint density at radius 1 is 1.43 bits per heavy atom. The fourth-order valence-electron chi connectivity index (χ4n) is 1.00. The van der Waals surface area contributed by atoms with Crippen LogP contribution in [0.25, 0.3) is 0 Å². The van der Waals surface area contributed by atoms with Crippen molar-refractivity contribution in [3.63, 3.8) is 0 Å². The Bertz CT molecular complexity index is 125. The summed E-state index contributed by atoms with van der Waals surface area (Å²) in [4.78, 5) is 0. The zero-order chi connectivity index (χ0) is 10.8. The normalized spacial score (nSPS) is 13.5. The van der Waals surface area contributed by atoms with Crippen LogP contribution in [0, 0.1) is 0 Å². The van der Waals surface area contributed by atoms with E-state index in [0.717, 1.165) is 13.0 Å². The van der Waals surface area contributed by atoms with Crippen LogP contribution in [0.1, 0.15) is 19.8 Å². The molecule has 1 atom stereocenters. The predicted octanol–water partition coefficient (Wildman–Crippen LogP) is 1.02. The molecule has 0 aliphatic carbocycles. The quantitative estimate of drug-likeness (QED) is 0.559. The molecule has 0 bridgehead atoms. The fraction of sp³-hybridized carbons (Fsp3) is 1.00. The molecule has 0 aliphatic rings. The molecule has 0 aliphatic heterocycles. The van der Waals surface area contributed by atoms with Crippen molar-refractivity contribution in [2.24, 2.45) is 0 Å². The zero-order valence-corrected chi connectivity index (χ0v) is 8.51. The van der Waals surface area contributed by atoms with Crippen LogP contribution in [-0.2, 0) is 4.74 Å². The van der Waals surface area contributed by atoms with Crippen molar-refractivity contribution in [2.75, 3.05) is 26.4 Å². The van der Waals surface area contributed by atoms with Gasteiger partial charge in [0.1, 0.15) is 6.61 Å². The second-order valence-corrected chi connectivity index (χ2v) is 3.09. The fourth-order valence-corrected chi connectivity index (χ4v) is 1.00. The van der Waals surface area contributed by atoms with Crippen LogP contribution in [0.15, 0.2) is 0 Å². The number of hydrogen-bond donors (Lipinski definition) is 2. The summed E-state index contributed by atoms with van der Waals surface area (Å²) >= 11 is 0. The highest BCUT2D eigenvalue weighted by atomic mass is 19.3. The Labute approximate surface area is 83.4 Å². The van der Waals surface area contributed by atoms with Crippen molar-refractivity contribution in [1.29, 1.82) is 0 Å². The SMILES string of the molecule is CCCNC(CO)CCOCC(F)F. The Hall–Kier alpha value is -0.260. The van der Waals surface area contributed by atoms with Gasteiger partial charge in [-0.2, -0.15) is 0 Å². The van der Waals surface area contributed by atoms with E-state index in [4.69, 9.17) is 9.84 Å². The lowest BCUT2D eigenvalue weighted by molar-refractivity contribution is 0.0128. The van der Waals surface area contributed by atoms with Crippen molar-refractivity contribution in [1.82, 2.24) is 5.32 Å². The molecule has 3 nitrogen and oxygen atoms in total. The molecule has 0 spiro atoms. The van der Waals surface area contributed by atoms with Gasteiger partial charge in [0.25, 0.3) is 6.43 Å². The zero-order valence-electron chi connectivity index (χ0n) is 8.51. The molecule has 0 rings (SSSR count). The molecule has 0 heterocycles. The Kier molecular flexibility index (Phi) is 9.13. The molecule has 0 aromatic carbocycles. The van der Waals surface area contributed by atoms with E-state index in [-0.39, 0.29) is 19.3 Å². The van der Waals surface area contributed by atoms with Crippen LogP contribution in [0.5, 0.6) is 0 Å². The number of hydrogen-bond acceptors (Lipinski definition) is 3. The summed E-state index contributed by atoms with van der Waals surface area (Å²) in [5, 5.41) is 12.0. The maximum atomic E-state index is 11.7. The summed E-state index contributed by atoms with van der Waals surface area (Å²) in [5.41, 5.74) is 0. The van der Waals surface area contributed by atoms with Crippen LogP contribution in [-0.4, -0.2) is 43.9 Å². The maximum Gasteiger partial charge on any atom is 0.261 e. The number of halogens is 2. The largest absolute Gasteiger partial charge is 0.395 e. The van der Waals surface area contributed by atoms with E-state index < -0.39 is 13.0 Å². The number of aliphatic hydroxyl groups is 1. The van der Waals surface area contributed by atoms with Gasteiger partial charge in [0.05, 0.1) is 6.61 Å². The Balaban J connectivity index is 3.33. The lowest BCUT2D eigenvalue weighted by Gasteiger charge is -2.15. The third-order valence-corrected chi connectivity index (χ3v) is 1.76. The number of alkyl halides is 2. The molecule has 5 heteroatoms. The number of nitrogens with one attached hydrogen (secondary N) is 1. The van der Waals surface area contributed by atoms with Crippen molar-refractivity contribution in [3.8, 4) is 0 Å². The summed E-state index contributed by atoms with van der Waals surface area (Å²) in [6.07, 6.45) is -0.872. The summed E-state index contributed by atoms with van der Waals surface area (Å²) in [5.74, 6) is 0. The highest BCUT2D eigenvalue weighted by Crippen LogP contribution is 1.96. The first-order valence-corrected chi connectivity index (χ1v) is 4.90. The lowest BCUT2D eigenvalue weighted by atomic mass is 10.2. The molecule has 1 unspecified atom stereocenters. The van der Waals surface area contributed by atoms with Crippen LogP contribution >= 0.6 is 0 Å². The summed E-state index contributed by atoms with van der Waals surface area (Å²) in [6.45, 7) is 2.59. The molecule has 0 fully saturated rings. The van der Waals surface area contributed by atoms with Gasteiger partial charge >= 0.3 is 0 Å². The first-order valence-electron chi connectivity index (χ1n) is 4.90. The van der Waals surface area contributed by atoms with Gasteiger partial charge in [-0.05, 0) is 19.4 Å². The van der Waals surface area contributed by atoms with Gasteiger partial charge in [-0.25, -0.2) is 8.78 Å². The van der Waals surface area contributed by atoms with E-state index in [1.165, 1.54) is 0 Å². The van der Waals surface area contributed by atoms with Gasteiger partial charge in [0.15, 0.2) is 0 Å². The molecule has 0 aromatic rings. The summed E-state index contributed by atoms with van der Waals surface area (Å²) < 4.78 is 28.0. The molecule has 86 valence electrons. The van der Waals surface area contributed by atoms with E-state index in [1.807, 2.05) is 6.92 Å². The van der Waals surface area contributed by atoms with Crippen LogP contribution in [0.4, 0.5) is 8.78 Å². The third-order valence-electron chi connectivity index (χ3n) is 1.76. The molecular formula is C9H19F2NO2. The van der Waals surface area contributed by atoms with E-state index in [1.54, 1.807) is 0 Å². The monoisotopic (exact) mass is 211 g/mol. The van der Waals surface area contributed by atoms with E-state index in [9.17, 15) is 8.78 Å². The molecule has 0 saturated carbocycles. The first kappa shape index (κ1) is 13.7. The van der Waals surface area contributed by atoms with E-state index >= 15 is 0 Å². The van der Waals surface area contributed by atoms with Crippen LogP contribution in [0.3, 0.4) is 0 Å². The van der Waals surface area contributed by atoms with E-state index in [2.05, 4.69) is 5.32 Å². The minimum atomic E-state index is -2.41. The van der Waals surface area contributed by atoms with Crippen molar-refractivity contribution in [3.05, 3.63) is 0 Å². The number of aliphatic hydroxyl groups excluding tert-OH is 1. The predicted molar refractivity (Wildman–Crippen MR) is 50.6 cm³/mol. The maximum absolute atomic E-state index is 11.7. The van der Waals surface area contributed by atoms with Crippen molar-refractivity contribution in [2.45, 2.75) is 32.2 Å². The minimum absolute atomic E-state index is 0.0119. The Morgan fingerprint density at radius 3 is 2.64 bits per heavy atom. The van der Waals surface area contributed by atoms with E-state index in [0.29, 0.717) is 6.42 Å². The topological polar surface area (TPSA) is 41.5 Å². The van der Waals surface area contributed by atoms with Gasteiger partial charge in [-0.15, -0.1) is 0 Å². The van der Waals surface area contributed by atoms with Crippen LogP contribution < -0.4 is 5.32 Å². The Morgan fingerprint density at radius 2 is 2.14 bits per heavy atom. The van der Waals surface area contributed by atoms with Gasteiger partial charge in [-0.3, -0.25) is 0 Å². The minimum Gasteiger partial charge on any atom is -0.395 e. The van der Waals surface area contributed by atoms with Gasteiger partial charge in [-0.1, -0.05) is 6.92 Å². The average Bonchev–Trinajstić information content (AvgIpc) is 2.16. The van der Waals surface area contributed by atoms with Gasteiger partial charge in [0.2, 0.25) is 0 Å². The van der Waals surface area contributed by atoms with Crippen molar-refractivity contribution < 1.29 is 18.6 Å². The summed E-state index contributed by atoms with van der Waals surface area (Å²) in [7, 11) is 0. The third kappa shape index (κ3) is 8.34. The molecule has 2 N–H and O–H groups in total. The lowest BCUT2D eigenvalue weighted by Crippen LogP contribution is -2.34. The standard InChI is InChI=1S/C9H19F2NO2/c1-2-4-12-8(6-13)3-5-14-7-9(10)11/h8-9,12-13H,2-7H2,1H3. The van der Waals surface area contributed by atoms with Crippen LogP contribution in [0.2, 0.25) is 0 Å². The second-order valence-electron chi connectivity index (χ2n) is 3.09. The molecule has 0 radical (unpaired) electrons. The average molecular weight is 211 g/mol. The number of rotatable bonds is 9.